The van der Waals surface area contributed by atoms with E-state index in [1.165, 1.54) is 57.1 Å². The molecule has 0 aliphatic heterocycles. The lowest BCUT2D eigenvalue weighted by Gasteiger charge is -2.21. The fraction of sp³-hybridized carbons (Fsp3) is 0.588. The Kier molecular flexibility index (Phi) is 6.77. The third kappa shape index (κ3) is 5.89. The summed E-state index contributed by atoms with van der Waals surface area (Å²) < 4.78 is 22.5. The van der Waals surface area contributed by atoms with Crippen molar-refractivity contribution < 1.29 is 18.5 Å². The molecular formula is C17H28N3O3S+. The Labute approximate surface area is 144 Å². The second kappa shape index (κ2) is 8.60. The normalized spacial score (nSPS) is 18.4. The quantitative estimate of drug-likeness (QED) is 0.743. The summed E-state index contributed by atoms with van der Waals surface area (Å²) in [6.45, 7) is 1.91. The van der Waals surface area contributed by atoms with Crippen LogP contribution in [0, 0.1) is 0 Å². The maximum Gasteiger partial charge on any atom is 0.282 e. The van der Waals surface area contributed by atoms with Crippen LogP contribution in [0.15, 0.2) is 29.2 Å². The van der Waals surface area contributed by atoms with Crippen molar-refractivity contribution in [1.29, 1.82) is 0 Å². The number of benzene rings is 1. The molecule has 1 saturated carbocycles. The molecule has 0 heterocycles. The number of anilines is 1. The molecule has 0 aromatic heterocycles. The molecule has 1 aromatic carbocycles. The number of hydrogen-bond donors (Lipinski definition) is 3. The second-order valence-electron chi connectivity index (χ2n) is 6.64. The highest BCUT2D eigenvalue weighted by Crippen LogP contribution is 2.15. The third-order valence-corrected chi connectivity index (χ3v) is 5.50. The van der Waals surface area contributed by atoms with Crippen LogP contribution in [0.5, 0.6) is 0 Å². The van der Waals surface area contributed by atoms with E-state index in [4.69, 9.17) is 5.14 Å². The van der Waals surface area contributed by atoms with E-state index in [-0.39, 0.29) is 16.8 Å². The zero-order valence-electron chi connectivity index (χ0n) is 14.2. The molecule has 0 unspecified atom stereocenters. The van der Waals surface area contributed by atoms with Crippen molar-refractivity contribution >= 4 is 21.6 Å². The van der Waals surface area contributed by atoms with E-state index in [0.29, 0.717) is 11.7 Å². The van der Waals surface area contributed by atoms with Crippen LogP contribution < -0.4 is 15.8 Å². The lowest BCUT2D eigenvalue weighted by molar-refractivity contribution is -0.707. The lowest BCUT2D eigenvalue weighted by Crippen LogP contribution is -2.96. The molecule has 134 valence electrons. The molecule has 0 bridgehead atoms. The van der Waals surface area contributed by atoms with Crippen LogP contribution >= 0.6 is 0 Å². The minimum absolute atomic E-state index is 0.0367. The average molecular weight is 354 g/mol. The van der Waals surface area contributed by atoms with Crippen molar-refractivity contribution in [3.05, 3.63) is 24.3 Å². The van der Waals surface area contributed by atoms with Gasteiger partial charge in [-0.05, 0) is 56.9 Å². The van der Waals surface area contributed by atoms with Crippen molar-refractivity contribution in [2.24, 2.45) is 5.14 Å². The number of amides is 1. The SMILES string of the molecule is C[C@@H]([NH2+]C1CCCCCCC1)C(=O)Nc1ccc(S(N)(=O)=O)cc1. The topological polar surface area (TPSA) is 106 Å². The Morgan fingerprint density at radius 3 is 2.21 bits per heavy atom. The first-order valence-electron chi connectivity index (χ1n) is 8.65. The van der Waals surface area contributed by atoms with E-state index in [9.17, 15) is 13.2 Å². The molecule has 1 aliphatic rings. The molecule has 1 atom stereocenters. The van der Waals surface area contributed by atoms with Gasteiger partial charge in [-0.1, -0.05) is 19.3 Å². The van der Waals surface area contributed by atoms with Gasteiger partial charge in [0.05, 0.1) is 10.9 Å². The van der Waals surface area contributed by atoms with E-state index >= 15 is 0 Å². The van der Waals surface area contributed by atoms with E-state index < -0.39 is 10.0 Å². The van der Waals surface area contributed by atoms with Gasteiger partial charge in [-0.15, -0.1) is 0 Å². The summed E-state index contributed by atoms with van der Waals surface area (Å²) in [5.41, 5.74) is 0.574. The smallest absolute Gasteiger partial charge is 0.282 e. The standard InChI is InChI=1S/C17H27N3O3S/c1-13(19-14-7-5-3-2-4-6-8-14)17(21)20-15-9-11-16(12-10-15)24(18,22)23/h9-14,19H,2-8H2,1H3,(H,20,21)(H2,18,22,23)/p+1/t13-/m1/s1. The van der Waals surface area contributed by atoms with Crippen molar-refractivity contribution in [2.75, 3.05) is 5.32 Å². The van der Waals surface area contributed by atoms with Crippen molar-refractivity contribution in [1.82, 2.24) is 0 Å². The first kappa shape index (κ1) is 18.9. The number of nitrogens with two attached hydrogens (primary N) is 2. The Balaban J connectivity index is 1.88. The minimum Gasteiger partial charge on any atom is -0.334 e. The number of rotatable bonds is 5. The van der Waals surface area contributed by atoms with Gasteiger partial charge in [-0.2, -0.15) is 0 Å². The predicted octanol–water partition coefficient (Wildman–Crippen LogP) is 1.34. The minimum atomic E-state index is -3.71. The van der Waals surface area contributed by atoms with Gasteiger partial charge in [0.2, 0.25) is 10.0 Å². The largest absolute Gasteiger partial charge is 0.334 e. The highest BCUT2D eigenvalue weighted by Gasteiger charge is 2.22. The van der Waals surface area contributed by atoms with Crippen LogP contribution in [-0.4, -0.2) is 26.4 Å². The van der Waals surface area contributed by atoms with Gasteiger partial charge in [0.25, 0.3) is 5.91 Å². The number of sulfonamides is 1. The molecular weight excluding hydrogens is 326 g/mol. The second-order valence-corrected chi connectivity index (χ2v) is 8.21. The molecule has 1 amide bonds. The van der Waals surface area contributed by atoms with E-state index in [0.717, 1.165) is 0 Å². The summed E-state index contributed by atoms with van der Waals surface area (Å²) in [4.78, 5) is 12.4. The molecule has 7 heteroatoms. The summed E-state index contributed by atoms with van der Waals surface area (Å²) >= 11 is 0. The van der Waals surface area contributed by atoms with Crippen LogP contribution in [0.25, 0.3) is 0 Å². The highest BCUT2D eigenvalue weighted by atomic mass is 32.2. The monoisotopic (exact) mass is 354 g/mol. The van der Waals surface area contributed by atoms with Crippen LogP contribution in [0.2, 0.25) is 0 Å². The molecule has 2 rings (SSSR count). The summed E-state index contributed by atoms with van der Waals surface area (Å²) in [6, 6.07) is 6.24. The van der Waals surface area contributed by atoms with Gasteiger partial charge in [0.1, 0.15) is 0 Å². The Hall–Kier alpha value is -1.44. The van der Waals surface area contributed by atoms with Crippen LogP contribution in [0.1, 0.15) is 51.9 Å². The van der Waals surface area contributed by atoms with Crippen molar-refractivity contribution in [3.63, 3.8) is 0 Å². The fourth-order valence-corrected chi connectivity index (χ4v) is 3.68. The van der Waals surface area contributed by atoms with Crippen molar-refractivity contribution in [2.45, 2.75) is 68.8 Å². The molecule has 1 fully saturated rings. The lowest BCUT2D eigenvalue weighted by atomic mass is 9.96. The molecule has 5 N–H and O–H groups in total. The Bertz CT molecular complexity index is 636. The highest BCUT2D eigenvalue weighted by molar-refractivity contribution is 7.89. The van der Waals surface area contributed by atoms with Crippen LogP contribution in [0.4, 0.5) is 5.69 Å². The summed E-state index contributed by atoms with van der Waals surface area (Å²) in [7, 11) is -3.71. The number of carbonyl (C=O) groups excluding carboxylic acids is 1. The molecule has 1 aromatic rings. The molecule has 1 aliphatic carbocycles. The number of quaternary nitrogens is 1. The third-order valence-electron chi connectivity index (χ3n) is 4.57. The molecule has 24 heavy (non-hydrogen) atoms. The maximum atomic E-state index is 12.3. The van der Waals surface area contributed by atoms with Crippen molar-refractivity contribution in [3.8, 4) is 0 Å². The van der Waals surface area contributed by atoms with Gasteiger partial charge in [-0.25, -0.2) is 13.6 Å². The zero-order chi connectivity index (χ0) is 17.6. The number of hydrogen-bond acceptors (Lipinski definition) is 3. The maximum absolute atomic E-state index is 12.3. The van der Waals surface area contributed by atoms with Gasteiger partial charge in [0, 0.05) is 5.69 Å². The van der Waals surface area contributed by atoms with Gasteiger partial charge >= 0.3 is 0 Å². The molecule has 0 spiro atoms. The van der Waals surface area contributed by atoms with Crippen LogP contribution in [0.3, 0.4) is 0 Å². The Morgan fingerprint density at radius 2 is 1.67 bits per heavy atom. The van der Waals surface area contributed by atoms with Gasteiger partial charge < -0.3 is 10.6 Å². The number of carbonyl (C=O) groups is 1. The number of primary sulfonamides is 1. The van der Waals surface area contributed by atoms with E-state index in [1.807, 2.05) is 6.92 Å². The van der Waals surface area contributed by atoms with E-state index in [2.05, 4.69) is 10.6 Å². The van der Waals surface area contributed by atoms with E-state index in [1.54, 1.807) is 12.1 Å². The summed E-state index contributed by atoms with van der Waals surface area (Å²) in [6.07, 6.45) is 8.73. The fourth-order valence-electron chi connectivity index (χ4n) is 3.16. The van der Waals surface area contributed by atoms with Gasteiger partial charge in [0.15, 0.2) is 6.04 Å². The average Bonchev–Trinajstić information content (AvgIpc) is 2.49. The molecule has 6 nitrogen and oxygen atoms in total. The summed E-state index contributed by atoms with van der Waals surface area (Å²) in [5.74, 6) is -0.0691. The number of nitrogens with one attached hydrogen (secondary N) is 1. The molecule has 0 saturated heterocycles. The van der Waals surface area contributed by atoms with Crippen LogP contribution in [-0.2, 0) is 14.8 Å². The zero-order valence-corrected chi connectivity index (χ0v) is 15.0. The summed E-state index contributed by atoms with van der Waals surface area (Å²) in [5, 5.41) is 10.1. The first-order chi connectivity index (χ1) is 11.4. The molecule has 0 radical (unpaired) electrons. The van der Waals surface area contributed by atoms with Gasteiger partial charge in [-0.3, -0.25) is 4.79 Å². The first-order valence-corrected chi connectivity index (χ1v) is 10.2. The predicted molar refractivity (Wildman–Crippen MR) is 93.9 cm³/mol. The Morgan fingerprint density at radius 1 is 1.12 bits per heavy atom.